The van der Waals surface area contributed by atoms with Crippen molar-refractivity contribution in [2.45, 2.75) is 6.42 Å². The van der Waals surface area contributed by atoms with Crippen LogP contribution >= 0.6 is 0 Å². The largest absolute Gasteiger partial charge is 0.508 e. The third kappa shape index (κ3) is 2.29. The monoisotopic (exact) mass is 324 g/mol. The zero-order valence-corrected chi connectivity index (χ0v) is 13.2. The van der Waals surface area contributed by atoms with Gasteiger partial charge in [-0.1, -0.05) is 12.1 Å². The van der Waals surface area contributed by atoms with Crippen molar-refractivity contribution in [3.63, 3.8) is 0 Å². The molecule has 122 valence electrons. The highest BCUT2D eigenvalue weighted by Crippen LogP contribution is 2.41. The van der Waals surface area contributed by atoms with Crippen LogP contribution in [0.2, 0.25) is 0 Å². The molecular formula is C19H16O5. The lowest BCUT2D eigenvalue weighted by atomic mass is 10.1. The lowest BCUT2D eigenvalue weighted by Crippen LogP contribution is -2.16. The van der Waals surface area contributed by atoms with E-state index in [1.807, 2.05) is 18.2 Å². The molecule has 0 bridgehead atoms. The van der Waals surface area contributed by atoms with Crippen LogP contribution in [0, 0.1) is 0 Å². The van der Waals surface area contributed by atoms with Gasteiger partial charge in [0.05, 0.1) is 7.11 Å². The van der Waals surface area contributed by atoms with E-state index in [2.05, 4.69) is 0 Å². The van der Waals surface area contributed by atoms with Gasteiger partial charge in [0.2, 0.25) is 5.75 Å². The molecule has 2 aromatic carbocycles. The van der Waals surface area contributed by atoms with E-state index in [4.69, 9.17) is 14.2 Å². The summed E-state index contributed by atoms with van der Waals surface area (Å²) in [4.78, 5) is 12.5. The number of benzene rings is 2. The fraction of sp³-hybridized carbons (Fsp3) is 0.211. The lowest BCUT2D eigenvalue weighted by Gasteiger charge is -2.21. The minimum Gasteiger partial charge on any atom is -0.508 e. The Bertz CT molecular complexity index is 849. The molecule has 0 saturated heterocycles. The summed E-state index contributed by atoms with van der Waals surface area (Å²) in [6.45, 7) is 0.964. The smallest absolute Gasteiger partial charge is 0.203 e. The molecule has 0 atom stereocenters. The molecule has 5 nitrogen and oxygen atoms in total. The fourth-order valence-corrected chi connectivity index (χ4v) is 3.11. The van der Waals surface area contributed by atoms with Crippen LogP contribution < -0.4 is 14.2 Å². The molecule has 0 spiro atoms. The van der Waals surface area contributed by atoms with Gasteiger partial charge in [-0.3, -0.25) is 4.79 Å². The van der Waals surface area contributed by atoms with Crippen LogP contribution in [0.5, 0.6) is 23.0 Å². The van der Waals surface area contributed by atoms with Gasteiger partial charge in [0.25, 0.3) is 0 Å². The molecule has 4 rings (SSSR count). The van der Waals surface area contributed by atoms with Crippen LogP contribution in [0.15, 0.2) is 35.9 Å². The average molecular weight is 324 g/mol. The Kier molecular flexibility index (Phi) is 3.41. The third-order valence-electron chi connectivity index (χ3n) is 4.25. The maximum atomic E-state index is 12.5. The summed E-state index contributed by atoms with van der Waals surface area (Å²) < 4.78 is 16.6. The quantitative estimate of drug-likeness (QED) is 0.860. The van der Waals surface area contributed by atoms with Crippen molar-refractivity contribution in [3.05, 3.63) is 52.6 Å². The highest BCUT2D eigenvalue weighted by molar-refractivity contribution is 6.16. The van der Waals surface area contributed by atoms with Gasteiger partial charge in [-0.2, -0.15) is 0 Å². The highest BCUT2D eigenvalue weighted by atomic mass is 16.6. The molecule has 2 aromatic rings. The van der Waals surface area contributed by atoms with E-state index in [-0.39, 0.29) is 11.5 Å². The number of phenols is 1. The molecule has 24 heavy (non-hydrogen) atoms. The first-order valence-electron chi connectivity index (χ1n) is 7.71. The Hall–Kier alpha value is -2.95. The molecule has 0 fully saturated rings. The van der Waals surface area contributed by atoms with Crippen molar-refractivity contribution in [3.8, 4) is 23.0 Å². The van der Waals surface area contributed by atoms with Crippen LogP contribution in [0.4, 0.5) is 0 Å². The van der Waals surface area contributed by atoms with E-state index in [9.17, 15) is 9.90 Å². The molecule has 0 amide bonds. The van der Waals surface area contributed by atoms with Crippen molar-refractivity contribution in [1.29, 1.82) is 0 Å². The number of methoxy groups -OCH3 is 1. The van der Waals surface area contributed by atoms with Gasteiger partial charge < -0.3 is 19.3 Å². The maximum absolute atomic E-state index is 12.5. The number of allylic oxidation sites excluding steroid dienone is 1. The standard InChI is InChI=1S/C19H16O5/c1-22-16-8-11(9-17-19(16)24-6-5-23-17)7-12-10-14-13(18(12)21)3-2-4-15(14)20/h2-4,7-9,20H,5-6,10H2,1H3/b12-7+. The minimum atomic E-state index is -0.0604. The second-order valence-corrected chi connectivity index (χ2v) is 5.73. The van der Waals surface area contributed by atoms with Gasteiger partial charge in [0, 0.05) is 23.1 Å². The zero-order chi connectivity index (χ0) is 16.7. The molecule has 1 heterocycles. The van der Waals surface area contributed by atoms with Crippen LogP contribution in [0.1, 0.15) is 21.5 Å². The van der Waals surface area contributed by atoms with Gasteiger partial charge in [-0.15, -0.1) is 0 Å². The summed E-state index contributed by atoms with van der Waals surface area (Å²) in [5, 5.41) is 9.94. The first-order chi connectivity index (χ1) is 11.7. The van der Waals surface area contributed by atoms with Crippen molar-refractivity contribution in [2.24, 2.45) is 0 Å². The molecule has 5 heteroatoms. The number of carbonyl (C=O) groups excluding carboxylic acids is 1. The Morgan fingerprint density at radius 2 is 2.04 bits per heavy atom. The Morgan fingerprint density at radius 3 is 2.83 bits per heavy atom. The number of hydrogen-bond donors (Lipinski definition) is 1. The van der Waals surface area contributed by atoms with Gasteiger partial charge >= 0.3 is 0 Å². The normalized spacial score (nSPS) is 17.0. The Balaban J connectivity index is 1.75. The van der Waals surface area contributed by atoms with E-state index in [0.29, 0.717) is 53.6 Å². The van der Waals surface area contributed by atoms with Crippen LogP contribution in [0.25, 0.3) is 6.08 Å². The molecule has 1 N–H and O–H groups in total. The number of Topliss-reactive ketones (excluding diaryl/α,β-unsaturated/α-hetero) is 1. The number of ether oxygens (including phenoxy) is 3. The summed E-state index contributed by atoms with van der Waals surface area (Å²) in [7, 11) is 1.57. The molecule has 1 aliphatic heterocycles. The van der Waals surface area contributed by atoms with E-state index in [1.165, 1.54) is 0 Å². The van der Waals surface area contributed by atoms with Crippen molar-refractivity contribution in [1.82, 2.24) is 0 Å². The summed E-state index contributed by atoms with van der Waals surface area (Å²) in [6.07, 6.45) is 2.22. The number of rotatable bonds is 2. The Labute approximate surface area is 139 Å². The highest BCUT2D eigenvalue weighted by Gasteiger charge is 2.27. The number of hydrogen-bond acceptors (Lipinski definition) is 5. The minimum absolute atomic E-state index is 0.0604. The second kappa shape index (κ2) is 5.60. The topological polar surface area (TPSA) is 65.0 Å². The molecule has 0 saturated carbocycles. The summed E-state index contributed by atoms with van der Waals surface area (Å²) >= 11 is 0. The number of ketones is 1. The molecule has 0 aromatic heterocycles. The maximum Gasteiger partial charge on any atom is 0.203 e. The Morgan fingerprint density at radius 1 is 1.21 bits per heavy atom. The lowest BCUT2D eigenvalue weighted by molar-refractivity contribution is 0.104. The molecule has 0 radical (unpaired) electrons. The first kappa shape index (κ1) is 14.6. The SMILES string of the molecule is COc1cc(/C=C2\Cc3c(O)cccc3C2=O)cc2c1OCCO2. The van der Waals surface area contributed by atoms with Crippen LogP contribution in [0.3, 0.4) is 0 Å². The first-order valence-corrected chi connectivity index (χ1v) is 7.71. The molecule has 2 aliphatic rings. The average Bonchev–Trinajstić information content (AvgIpc) is 2.92. The van der Waals surface area contributed by atoms with Crippen molar-refractivity contribution < 1.29 is 24.1 Å². The van der Waals surface area contributed by atoms with Gasteiger partial charge in [-0.25, -0.2) is 0 Å². The third-order valence-corrected chi connectivity index (χ3v) is 4.25. The molecular weight excluding hydrogens is 308 g/mol. The molecule has 1 aliphatic carbocycles. The second-order valence-electron chi connectivity index (χ2n) is 5.73. The van der Waals surface area contributed by atoms with Crippen molar-refractivity contribution in [2.75, 3.05) is 20.3 Å². The van der Waals surface area contributed by atoms with E-state index < -0.39 is 0 Å². The number of aromatic hydroxyl groups is 1. The predicted octanol–water partition coefficient (Wildman–Crippen LogP) is 2.99. The summed E-state index contributed by atoms with van der Waals surface area (Å²) in [5.41, 5.74) is 2.67. The summed E-state index contributed by atoms with van der Waals surface area (Å²) in [6, 6.07) is 8.67. The zero-order valence-electron chi connectivity index (χ0n) is 13.2. The van der Waals surface area contributed by atoms with E-state index in [0.717, 1.165) is 5.56 Å². The van der Waals surface area contributed by atoms with Gasteiger partial charge in [-0.05, 0) is 29.8 Å². The predicted molar refractivity (Wildman–Crippen MR) is 88.1 cm³/mol. The summed E-state index contributed by atoms with van der Waals surface area (Å²) in [5.74, 6) is 1.87. The fourth-order valence-electron chi connectivity index (χ4n) is 3.11. The molecule has 0 unspecified atom stereocenters. The van der Waals surface area contributed by atoms with Gasteiger partial charge in [0.15, 0.2) is 17.3 Å². The van der Waals surface area contributed by atoms with Crippen molar-refractivity contribution >= 4 is 11.9 Å². The number of phenolic OH excluding ortho intramolecular Hbond substituents is 1. The van der Waals surface area contributed by atoms with Crippen LogP contribution in [-0.2, 0) is 6.42 Å². The van der Waals surface area contributed by atoms with E-state index >= 15 is 0 Å². The van der Waals surface area contributed by atoms with Gasteiger partial charge in [0.1, 0.15) is 19.0 Å². The van der Waals surface area contributed by atoms with Crippen LogP contribution in [-0.4, -0.2) is 31.2 Å². The van der Waals surface area contributed by atoms with E-state index in [1.54, 1.807) is 25.3 Å². The number of carbonyl (C=O) groups is 1. The number of fused-ring (bicyclic) bond motifs is 2.